The van der Waals surface area contributed by atoms with Crippen molar-refractivity contribution >= 4 is 6.08 Å². The van der Waals surface area contributed by atoms with Gasteiger partial charge in [0.05, 0.1) is 0 Å². The van der Waals surface area contributed by atoms with Crippen molar-refractivity contribution in [3.05, 3.63) is 41.0 Å². The van der Waals surface area contributed by atoms with Crippen LogP contribution in [-0.4, -0.2) is 13.1 Å². The summed E-state index contributed by atoms with van der Waals surface area (Å²) in [5.74, 6) is -0.456. The van der Waals surface area contributed by atoms with Gasteiger partial charge in [-0.25, -0.2) is 8.78 Å². The Morgan fingerprint density at radius 2 is 1.89 bits per heavy atom. The van der Waals surface area contributed by atoms with E-state index in [1.54, 1.807) is 6.08 Å². The molecular weight excluding hydrogens is 232 g/mol. The van der Waals surface area contributed by atoms with Crippen molar-refractivity contribution in [3.63, 3.8) is 0 Å². The van der Waals surface area contributed by atoms with E-state index in [1.165, 1.54) is 18.2 Å². The number of rotatable bonds is 6. The van der Waals surface area contributed by atoms with Crippen LogP contribution < -0.4 is 5.32 Å². The van der Waals surface area contributed by atoms with Gasteiger partial charge in [-0.2, -0.15) is 0 Å². The lowest BCUT2D eigenvalue weighted by molar-refractivity contribution is 0.567. The van der Waals surface area contributed by atoms with Gasteiger partial charge >= 0.3 is 0 Å². The molecular formula is C15H21F2N. The van der Waals surface area contributed by atoms with E-state index in [-0.39, 0.29) is 5.56 Å². The van der Waals surface area contributed by atoms with Crippen LogP contribution in [-0.2, 0) is 0 Å². The summed E-state index contributed by atoms with van der Waals surface area (Å²) < 4.78 is 27.0. The number of hydrogen-bond acceptors (Lipinski definition) is 1. The van der Waals surface area contributed by atoms with E-state index < -0.39 is 11.6 Å². The van der Waals surface area contributed by atoms with Gasteiger partial charge in [0.2, 0.25) is 0 Å². The van der Waals surface area contributed by atoms with Gasteiger partial charge in [0.15, 0.2) is 0 Å². The van der Waals surface area contributed by atoms with Crippen LogP contribution in [0.2, 0.25) is 0 Å². The molecule has 1 nitrogen and oxygen atoms in total. The van der Waals surface area contributed by atoms with Gasteiger partial charge in [-0.15, -0.1) is 0 Å². The molecule has 0 unspecified atom stereocenters. The Balaban J connectivity index is 2.77. The first-order chi connectivity index (χ1) is 8.54. The van der Waals surface area contributed by atoms with Gasteiger partial charge in [-0.1, -0.05) is 32.4 Å². The maximum atomic E-state index is 13.5. The average Bonchev–Trinajstić information content (AvgIpc) is 2.31. The predicted octanol–water partition coefficient (Wildman–Crippen LogP) is 4.00. The van der Waals surface area contributed by atoms with E-state index in [4.69, 9.17) is 0 Å². The molecule has 1 aromatic rings. The molecule has 0 radical (unpaired) electrons. The van der Waals surface area contributed by atoms with Gasteiger partial charge in [0.25, 0.3) is 0 Å². The van der Waals surface area contributed by atoms with Crippen LogP contribution in [0.3, 0.4) is 0 Å². The van der Waals surface area contributed by atoms with E-state index in [9.17, 15) is 8.78 Å². The smallest absolute Gasteiger partial charge is 0.133 e. The van der Waals surface area contributed by atoms with Crippen molar-refractivity contribution in [2.24, 2.45) is 5.92 Å². The summed E-state index contributed by atoms with van der Waals surface area (Å²) in [7, 11) is 0. The number of hydrogen-bond donors (Lipinski definition) is 1. The van der Waals surface area contributed by atoms with Crippen LogP contribution >= 0.6 is 0 Å². The fourth-order valence-electron chi connectivity index (χ4n) is 1.65. The minimum atomic E-state index is -0.509. The molecule has 0 fully saturated rings. The molecule has 100 valence electrons. The zero-order valence-electron chi connectivity index (χ0n) is 11.3. The minimum Gasteiger partial charge on any atom is -0.313 e. The molecule has 0 spiro atoms. The molecule has 0 aliphatic heterocycles. The Morgan fingerprint density at radius 3 is 2.39 bits per heavy atom. The van der Waals surface area contributed by atoms with Crippen LogP contribution in [0.25, 0.3) is 6.08 Å². The maximum absolute atomic E-state index is 13.5. The van der Waals surface area contributed by atoms with Gasteiger partial charge < -0.3 is 5.32 Å². The quantitative estimate of drug-likeness (QED) is 0.808. The second-order valence-electron chi connectivity index (χ2n) is 4.82. The first-order valence-electron chi connectivity index (χ1n) is 6.38. The van der Waals surface area contributed by atoms with Crippen LogP contribution in [0.5, 0.6) is 0 Å². The SMILES string of the molecule is CCC(=Cc1c(F)cccc1F)CNCC(C)C. The third kappa shape index (κ3) is 4.57. The molecule has 3 heteroatoms. The number of benzene rings is 1. The lowest BCUT2D eigenvalue weighted by Crippen LogP contribution is -2.21. The molecule has 0 amide bonds. The van der Waals surface area contributed by atoms with Crippen molar-refractivity contribution in [1.29, 1.82) is 0 Å². The fraction of sp³-hybridized carbons (Fsp3) is 0.467. The Hall–Kier alpha value is -1.22. The summed E-state index contributed by atoms with van der Waals surface area (Å²) in [5, 5.41) is 3.28. The van der Waals surface area contributed by atoms with Crippen molar-refractivity contribution in [2.75, 3.05) is 13.1 Å². The largest absolute Gasteiger partial charge is 0.313 e. The number of halogens is 2. The molecule has 0 atom stereocenters. The minimum absolute atomic E-state index is 0.0562. The summed E-state index contributed by atoms with van der Waals surface area (Å²) >= 11 is 0. The summed E-state index contributed by atoms with van der Waals surface area (Å²) in [6, 6.07) is 3.94. The molecule has 0 saturated heterocycles. The fourth-order valence-corrected chi connectivity index (χ4v) is 1.65. The second kappa shape index (κ2) is 7.27. The van der Waals surface area contributed by atoms with Crippen LogP contribution in [0, 0.1) is 17.6 Å². The Kier molecular flexibility index (Phi) is 5.99. The highest BCUT2D eigenvalue weighted by atomic mass is 19.1. The summed E-state index contributed by atoms with van der Waals surface area (Å²) in [4.78, 5) is 0. The summed E-state index contributed by atoms with van der Waals surface area (Å²) in [6.07, 6.45) is 2.39. The Morgan fingerprint density at radius 1 is 1.28 bits per heavy atom. The lowest BCUT2D eigenvalue weighted by atomic mass is 10.1. The predicted molar refractivity (Wildman–Crippen MR) is 72.3 cm³/mol. The average molecular weight is 253 g/mol. The first-order valence-corrected chi connectivity index (χ1v) is 6.38. The second-order valence-corrected chi connectivity index (χ2v) is 4.82. The molecule has 0 bridgehead atoms. The molecule has 1 rings (SSSR count). The maximum Gasteiger partial charge on any atom is 0.133 e. The third-order valence-corrected chi connectivity index (χ3v) is 2.71. The topological polar surface area (TPSA) is 12.0 Å². The van der Waals surface area contributed by atoms with E-state index in [2.05, 4.69) is 19.2 Å². The Labute approximate surface area is 108 Å². The van der Waals surface area contributed by atoms with E-state index in [1.807, 2.05) is 6.92 Å². The highest BCUT2D eigenvalue weighted by molar-refractivity contribution is 5.54. The molecule has 0 aliphatic rings. The summed E-state index contributed by atoms with van der Waals surface area (Å²) in [5.41, 5.74) is 1.06. The monoisotopic (exact) mass is 253 g/mol. The van der Waals surface area contributed by atoms with Crippen molar-refractivity contribution in [2.45, 2.75) is 27.2 Å². The van der Waals surface area contributed by atoms with Gasteiger partial charge in [-0.05, 0) is 37.1 Å². The number of nitrogens with one attached hydrogen (secondary N) is 1. The highest BCUT2D eigenvalue weighted by Crippen LogP contribution is 2.17. The summed E-state index contributed by atoms with van der Waals surface area (Å²) in [6.45, 7) is 7.80. The van der Waals surface area contributed by atoms with Gasteiger partial charge in [0.1, 0.15) is 11.6 Å². The lowest BCUT2D eigenvalue weighted by Gasteiger charge is -2.10. The molecule has 18 heavy (non-hydrogen) atoms. The highest BCUT2D eigenvalue weighted by Gasteiger charge is 2.06. The molecule has 1 aromatic carbocycles. The zero-order valence-corrected chi connectivity index (χ0v) is 11.3. The third-order valence-electron chi connectivity index (χ3n) is 2.71. The Bertz CT molecular complexity index is 391. The van der Waals surface area contributed by atoms with Crippen LogP contribution in [0.1, 0.15) is 32.8 Å². The van der Waals surface area contributed by atoms with E-state index >= 15 is 0 Å². The molecule has 1 N–H and O–H groups in total. The molecule has 0 aliphatic carbocycles. The van der Waals surface area contributed by atoms with Crippen LogP contribution in [0.4, 0.5) is 8.78 Å². The van der Waals surface area contributed by atoms with Gasteiger partial charge in [0, 0.05) is 12.1 Å². The van der Waals surface area contributed by atoms with Crippen molar-refractivity contribution in [1.82, 2.24) is 5.32 Å². The van der Waals surface area contributed by atoms with Crippen molar-refractivity contribution in [3.8, 4) is 0 Å². The van der Waals surface area contributed by atoms with Crippen molar-refractivity contribution < 1.29 is 8.78 Å². The first kappa shape index (κ1) is 14.8. The van der Waals surface area contributed by atoms with Crippen LogP contribution in [0.15, 0.2) is 23.8 Å². The molecule has 0 aromatic heterocycles. The molecule has 0 heterocycles. The normalized spacial score (nSPS) is 12.2. The van der Waals surface area contributed by atoms with E-state index in [0.29, 0.717) is 12.5 Å². The standard InChI is InChI=1S/C15H21F2N/c1-4-12(10-18-9-11(2)3)8-13-14(16)6-5-7-15(13)17/h5-8,11,18H,4,9-10H2,1-3H3. The molecule has 0 saturated carbocycles. The van der Waals surface area contributed by atoms with E-state index in [0.717, 1.165) is 18.5 Å². The van der Waals surface area contributed by atoms with Gasteiger partial charge in [-0.3, -0.25) is 0 Å². The zero-order chi connectivity index (χ0) is 13.5.